The summed E-state index contributed by atoms with van der Waals surface area (Å²) in [4.78, 5) is 0. The minimum atomic E-state index is 0.348. The van der Waals surface area contributed by atoms with Crippen LogP contribution in [0.1, 0.15) is 31.2 Å². The van der Waals surface area contributed by atoms with E-state index in [4.69, 9.17) is 10.00 Å². The third-order valence-electron chi connectivity index (χ3n) is 3.60. The first-order valence-electron chi connectivity index (χ1n) is 6.47. The van der Waals surface area contributed by atoms with Crippen molar-refractivity contribution in [3.8, 4) is 11.8 Å². The van der Waals surface area contributed by atoms with E-state index < -0.39 is 0 Å². The van der Waals surface area contributed by atoms with Gasteiger partial charge in [-0.05, 0) is 37.8 Å². The van der Waals surface area contributed by atoms with Crippen LogP contribution in [-0.2, 0) is 0 Å². The lowest BCUT2D eigenvalue weighted by Crippen LogP contribution is -2.11. The van der Waals surface area contributed by atoms with Gasteiger partial charge in [0.15, 0.2) is 0 Å². The van der Waals surface area contributed by atoms with Crippen LogP contribution in [0.4, 0.5) is 0 Å². The Bertz CT molecular complexity index is 606. The predicted molar refractivity (Wildman–Crippen MR) is 71.5 cm³/mol. The number of benzene rings is 2. The van der Waals surface area contributed by atoms with Gasteiger partial charge in [-0.2, -0.15) is 5.26 Å². The van der Waals surface area contributed by atoms with E-state index >= 15 is 0 Å². The molecule has 3 rings (SSSR count). The maximum atomic E-state index is 9.12. The average Bonchev–Trinajstić information content (AvgIpc) is 2.92. The fraction of sp³-hybridized carbons (Fsp3) is 0.312. The minimum Gasteiger partial charge on any atom is -0.490 e. The van der Waals surface area contributed by atoms with Gasteiger partial charge in [0.2, 0.25) is 0 Å². The van der Waals surface area contributed by atoms with E-state index in [0.29, 0.717) is 11.7 Å². The van der Waals surface area contributed by atoms with Crippen LogP contribution in [0.25, 0.3) is 10.8 Å². The number of fused-ring (bicyclic) bond motifs is 1. The van der Waals surface area contributed by atoms with Crippen LogP contribution in [0.3, 0.4) is 0 Å². The first-order chi connectivity index (χ1) is 8.88. The van der Waals surface area contributed by atoms with Crippen LogP contribution in [-0.4, -0.2) is 6.10 Å². The van der Waals surface area contributed by atoms with Crippen LogP contribution >= 0.6 is 0 Å². The lowest BCUT2D eigenvalue weighted by Gasteiger charge is -2.15. The van der Waals surface area contributed by atoms with E-state index in [-0.39, 0.29) is 0 Å². The van der Waals surface area contributed by atoms with Crippen LogP contribution in [0.2, 0.25) is 0 Å². The molecule has 1 aliphatic rings. The zero-order chi connectivity index (χ0) is 12.4. The lowest BCUT2D eigenvalue weighted by molar-refractivity contribution is 0.213. The van der Waals surface area contributed by atoms with Gasteiger partial charge < -0.3 is 4.74 Å². The number of nitrogens with zero attached hydrogens (tertiary/aromatic N) is 1. The third kappa shape index (κ3) is 1.93. The molecule has 0 spiro atoms. The first kappa shape index (κ1) is 11.1. The van der Waals surface area contributed by atoms with Crippen molar-refractivity contribution in [2.24, 2.45) is 0 Å². The van der Waals surface area contributed by atoms with Crippen molar-refractivity contribution in [2.45, 2.75) is 31.8 Å². The van der Waals surface area contributed by atoms with Gasteiger partial charge in [-0.3, -0.25) is 0 Å². The van der Waals surface area contributed by atoms with Gasteiger partial charge >= 0.3 is 0 Å². The highest BCUT2D eigenvalue weighted by atomic mass is 16.5. The van der Waals surface area contributed by atoms with Gasteiger partial charge in [-0.15, -0.1) is 0 Å². The Balaban J connectivity index is 2.04. The molecule has 0 atom stereocenters. The predicted octanol–water partition coefficient (Wildman–Crippen LogP) is 4.03. The highest BCUT2D eigenvalue weighted by Gasteiger charge is 2.17. The van der Waals surface area contributed by atoms with Gasteiger partial charge in [-0.25, -0.2) is 0 Å². The summed E-state index contributed by atoms with van der Waals surface area (Å²) in [6, 6.07) is 14.0. The van der Waals surface area contributed by atoms with Gasteiger partial charge in [0.25, 0.3) is 0 Å². The SMILES string of the molecule is N#Cc1ccc(OC2CCCC2)c2ccccc12. The Morgan fingerprint density at radius 1 is 1.00 bits per heavy atom. The fourth-order valence-corrected chi connectivity index (χ4v) is 2.66. The van der Waals surface area contributed by atoms with E-state index in [1.54, 1.807) is 0 Å². The fourth-order valence-electron chi connectivity index (χ4n) is 2.66. The highest BCUT2D eigenvalue weighted by Crippen LogP contribution is 2.31. The summed E-state index contributed by atoms with van der Waals surface area (Å²) in [5.41, 5.74) is 0.712. The molecule has 90 valence electrons. The van der Waals surface area contributed by atoms with E-state index in [9.17, 15) is 0 Å². The molecule has 0 aliphatic heterocycles. The summed E-state index contributed by atoms with van der Waals surface area (Å²) in [6.07, 6.45) is 5.17. The molecule has 0 N–H and O–H groups in total. The van der Waals surface area contributed by atoms with Crippen LogP contribution < -0.4 is 4.74 Å². The molecule has 0 amide bonds. The van der Waals surface area contributed by atoms with Crippen LogP contribution in [0.5, 0.6) is 5.75 Å². The Morgan fingerprint density at radius 2 is 1.72 bits per heavy atom. The van der Waals surface area contributed by atoms with E-state index in [1.807, 2.05) is 36.4 Å². The summed E-state index contributed by atoms with van der Waals surface area (Å²) < 4.78 is 6.08. The number of rotatable bonds is 2. The molecule has 2 nitrogen and oxygen atoms in total. The number of hydrogen-bond acceptors (Lipinski definition) is 2. The Kier molecular flexibility index (Phi) is 2.90. The zero-order valence-electron chi connectivity index (χ0n) is 10.2. The number of nitriles is 1. The number of ether oxygens (including phenoxy) is 1. The minimum absolute atomic E-state index is 0.348. The second-order valence-electron chi connectivity index (χ2n) is 4.79. The quantitative estimate of drug-likeness (QED) is 0.790. The summed E-state index contributed by atoms with van der Waals surface area (Å²) in [5.74, 6) is 0.913. The smallest absolute Gasteiger partial charge is 0.127 e. The zero-order valence-corrected chi connectivity index (χ0v) is 10.2. The van der Waals surface area contributed by atoms with E-state index in [0.717, 1.165) is 29.4 Å². The van der Waals surface area contributed by atoms with Crippen molar-refractivity contribution in [2.75, 3.05) is 0 Å². The molecule has 2 aromatic carbocycles. The maximum Gasteiger partial charge on any atom is 0.127 e. The van der Waals surface area contributed by atoms with Crippen molar-refractivity contribution in [1.82, 2.24) is 0 Å². The molecule has 2 aromatic rings. The number of hydrogen-bond donors (Lipinski definition) is 0. The molecule has 0 saturated heterocycles. The Morgan fingerprint density at radius 3 is 2.44 bits per heavy atom. The summed E-state index contributed by atoms with van der Waals surface area (Å²) in [5, 5.41) is 11.1. The topological polar surface area (TPSA) is 33.0 Å². The molecular formula is C16H15NO. The molecular weight excluding hydrogens is 222 g/mol. The normalized spacial score (nSPS) is 15.7. The second kappa shape index (κ2) is 4.70. The van der Waals surface area contributed by atoms with Crippen LogP contribution in [0, 0.1) is 11.3 Å². The summed E-state index contributed by atoms with van der Waals surface area (Å²) >= 11 is 0. The Labute approximate surface area is 107 Å². The van der Waals surface area contributed by atoms with Gasteiger partial charge in [-0.1, -0.05) is 24.3 Å². The van der Waals surface area contributed by atoms with Crippen molar-refractivity contribution in [3.63, 3.8) is 0 Å². The van der Waals surface area contributed by atoms with Crippen molar-refractivity contribution < 1.29 is 4.74 Å². The molecule has 0 unspecified atom stereocenters. The molecule has 0 aromatic heterocycles. The monoisotopic (exact) mass is 237 g/mol. The largest absolute Gasteiger partial charge is 0.490 e. The standard InChI is InChI=1S/C16H15NO/c17-11-12-9-10-16(18-13-5-1-2-6-13)15-8-4-3-7-14(12)15/h3-4,7-10,13H,1-2,5-6H2. The second-order valence-corrected chi connectivity index (χ2v) is 4.79. The van der Waals surface area contributed by atoms with Gasteiger partial charge in [0.1, 0.15) is 5.75 Å². The van der Waals surface area contributed by atoms with Gasteiger partial charge in [0.05, 0.1) is 17.7 Å². The molecule has 1 aliphatic carbocycles. The highest BCUT2D eigenvalue weighted by molar-refractivity contribution is 5.92. The summed E-state index contributed by atoms with van der Waals surface area (Å²) in [7, 11) is 0. The first-order valence-corrected chi connectivity index (χ1v) is 6.47. The molecule has 1 fully saturated rings. The molecule has 0 radical (unpaired) electrons. The van der Waals surface area contributed by atoms with Crippen molar-refractivity contribution >= 4 is 10.8 Å². The molecule has 0 heterocycles. The lowest BCUT2D eigenvalue weighted by atomic mass is 10.0. The third-order valence-corrected chi connectivity index (χ3v) is 3.60. The molecule has 2 heteroatoms. The van der Waals surface area contributed by atoms with E-state index in [1.165, 1.54) is 12.8 Å². The Hall–Kier alpha value is -2.01. The van der Waals surface area contributed by atoms with Crippen molar-refractivity contribution in [3.05, 3.63) is 42.0 Å². The van der Waals surface area contributed by atoms with Gasteiger partial charge in [0, 0.05) is 10.8 Å². The van der Waals surface area contributed by atoms with Crippen molar-refractivity contribution in [1.29, 1.82) is 5.26 Å². The average molecular weight is 237 g/mol. The summed E-state index contributed by atoms with van der Waals surface area (Å²) in [6.45, 7) is 0. The van der Waals surface area contributed by atoms with Crippen LogP contribution in [0.15, 0.2) is 36.4 Å². The maximum absolute atomic E-state index is 9.12. The molecule has 18 heavy (non-hydrogen) atoms. The molecule has 0 bridgehead atoms. The molecule has 1 saturated carbocycles. The van der Waals surface area contributed by atoms with E-state index in [2.05, 4.69) is 6.07 Å².